The van der Waals surface area contributed by atoms with Gasteiger partial charge in [0.15, 0.2) is 0 Å². The van der Waals surface area contributed by atoms with E-state index < -0.39 is 11.4 Å². The maximum atomic E-state index is 11.7. The van der Waals surface area contributed by atoms with Crippen molar-refractivity contribution in [3.05, 3.63) is 30.6 Å². The van der Waals surface area contributed by atoms with E-state index in [1.165, 1.54) is 0 Å². The Morgan fingerprint density at radius 1 is 1.38 bits per heavy atom. The fourth-order valence-electron chi connectivity index (χ4n) is 3.17. The quantitative estimate of drug-likeness (QED) is 0.939. The Morgan fingerprint density at radius 3 is 2.95 bits per heavy atom. The highest BCUT2D eigenvalue weighted by atomic mass is 16.4. The molecule has 0 aliphatic carbocycles. The summed E-state index contributed by atoms with van der Waals surface area (Å²) in [5, 5.41) is 10.6. The molecular weight excluding hydrogens is 266 g/mol. The van der Waals surface area contributed by atoms with Crippen LogP contribution in [0.2, 0.25) is 0 Å². The molecule has 1 aromatic heterocycles. The first-order valence-electron chi connectivity index (χ1n) is 7.34. The van der Waals surface area contributed by atoms with Crippen LogP contribution in [0.3, 0.4) is 0 Å². The van der Waals surface area contributed by atoms with Crippen molar-refractivity contribution in [1.29, 1.82) is 0 Å². The second kappa shape index (κ2) is 5.31. The van der Waals surface area contributed by atoms with Crippen molar-refractivity contribution >= 4 is 22.7 Å². The van der Waals surface area contributed by atoms with Crippen molar-refractivity contribution in [1.82, 2.24) is 9.97 Å². The SMILES string of the molecule is CCC1(C(=O)O)CCCN(c2ncnc3ccccc23)C1. The van der Waals surface area contributed by atoms with Gasteiger partial charge in [0.25, 0.3) is 0 Å². The molecule has 1 aliphatic heterocycles. The standard InChI is InChI=1S/C16H19N3O2/c1-2-16(15(20)21)8-5-9-19(10-16)14-12-6-3-4-7-13(12)17-11-18-14/h3-4,6-7,11H,2,5,8-10H2,1H3,(H,20,21). The lowest BCUT2D eigenvalue weighted by Crippen LogP contribution is -2.48. The second-order valence-corrected chi connectivity index (χ2v) is 5.68. The average molecular weight is 285 g/mol. The van der Waals surface area contributed by atoms with Crippen molar-refractivity contribution in [2.75, 3.05) is 18.0 Å². The van der Waals surface area contributed by atoms with Gasteiger partial charge in [-0.05, 0) is 31.4 Å². The summed E-state index contributed by atoms with van der Waals surface area (Å²) in [4.78, 5) is 22.5. The van der Waals surface area contributed by atoms with Crippen LogP contribution in [0.5, 0.6) is 0 Å². The number of hydrogen-bond acceptors (Lipinski definition) is 4. The second-order valence-electron chi connectivity index (χ2n) is 5.68. The van der Waals surface area contributed by atoms with Gasteiger partial charge >= 0.3 is 5.97 Å². The van der Waals surface area contributed by atoms with E-state index >= 15 is 0 Å². The fourth-order valence-corrected chi connectivity index (χ4v) is 3.17. The van der Waals surface area contributed by atoms with Crippen LogP contribution >= 0.6 is 0 Å². The monoisotopic (exact) mass is 285 g/mol. The molecule has 0 radical (unpaired) electrons. The van der Waals surface area contributed by atoms with E-state index in [0.29, 0.717) is 13.0 Å². The smallest absolute Gasteiger partial charge is 0.311 e. The number of anilines is 1. The minimum absolute atomic E-state index is 0.514. The molecule has 5 heteroatoms. The summed E-state index contributed by atoms with van der Waals surface area (Å²) in [6, 6.07) is 7.86. The number of fused-ring (bicyclic) bond motifs is 1. The third-order valence-electron chi connectivity index (χ3n) is 4.53. The minimum atomic E-state index is -0.701. The third kappa shape index (κ3) is 2.33. The van der Waals surface area contributed by atoms with Gasteiger partial charge in [-0.25, -0.2) is 9.97 Å². The number of hydrogen-bond donors (Lipinski definition) is 1. The number of para-hydroxylation sites is 1. The summed E-state index contributed by atoms with van der Waals surface area (Å²) < 4.78 is 0. The highest BCUT2D eigenvalue weighted by Gasteiger charge is 2.41. The molecule has 21 heavy (non-hydrogen) atoms. The Kier molecular flexibility index (Phi) is 3.49. The van der Waals surface area contributed by atoms with Crippen LogP contribution in [0.4, 0.5) is 5.82 Å². The largest absolute Gasteiger partial charge is 0.481 e. The van der Waals surface area contributed by atoms with E-state index in [1.807, 2.05) is 31.2 Å². The number of carboxylic acid groups (broad SMARTS) is 1. The average Bonchev–Trinajstić information content (AvgIpc) is 2.54. The van der Waals surface area contributed by atoms with Crippen molar-refractivity contribution in [2.24, 2.45) is 5.41 Å². The van der Waals surface area contributed by atoms with Gasteiger partial charge in [0.05, 0.1) is 10.9 Å². The molecule has 5 nitrogen and oxygen atoms in total. The molecule has 1 fully saturated rings. The van der Waals surface area contributed by atoms with Crippen molar-refractivity contribution in [2.45, 2.75) is 26.2 Å². The van der Waals surface area contributed by atoms with Crippen LogP contribution in [0.1, 0.15) is 26.2 Å². The zero-order valence-electron chi connectivity index (χ0n) is 12.1. The van der Waals surface area contributed by atoms with Gasteiger partial charge in [0.1, 0.15) is 12.1 Å². The molecule has 110 valence electrons. The zero-order valence-corrected chi connectivity index (χ0v) is 12.1. The van der Waals surface area contributed by atoms with Crippen LogP contribution < -0.4 is 4.90 Å². The fraction of sp³-hybridized carbons (Fsp3) is 0.438. The molecule has 2 aromatic rings. The number of aromatic nitrogens is 2. The van der Waals surface area contributed by atoms with E-state index in [2.05, 4.69) is 14.9 Å². The molecule has 0 saturated carbocycles. The van der Waals surface area contributed by atoms with E-state index in [9.17, 15) is 9.90 Å². The van der Waals surface area contributed by atoms with Gasteiger partial charge in [0.2, 0.25) is 0 Å². The lowest BCUT2D eigenvalue weighted by Gasteiger charge is -2.40. The Hall–Kier alpha value is -2.17. The van der Waals surface area contributed by atoms with Gasteiger partial charge in [-0.1, -0.05) is 19.1 Å². The number of rotatable bonds is 3. The number of carboxylic acids is 1. The lowest BCUT2D eigenvalue weighted by molar-refractivity contribution is -0.149. The summed E-state index contributed by atoms with van der Waals surface area (Å²) in [5.74, 6) is 0.146. The molecule has 1 aromatic carbocycles. The van der Waals surface area contributed by atoms with Gasteiger partial charge in [-0.3, -0.25) is 4.79 Å². The van der Waals surface area contributed by atoms with Crippen LogP contribution in [0.25, 0.3) is 10.9 Å². The van der Waals surface area contributed by atoms with Gasteiger partial charge in [-0.2, -0.15) is 0 Å². The Balaban J connectivity index is 2.01. The van der Waals surface area contributed by atoms with Gasteiger partial charge < -0.3 is 10.0 Å². The first kappa shape index (κ1) is 13.8. The van der Waals surface area contributed by atoms with Gasteiger partial charge in [-0.15, -0.1) is 0 Å². The Morgan fingerprint density at radius 2 is 2.19 bits per heavy atom. The minimum Gasteiger partial charge on any atom is -0.481 e. The van der Waals surface area contributed by atoms with Crippen LogP contribution in [-0.4, -0.2) is 34.1 Å². The first-order valence-corrected chi connectivity index (χ1v) is 7.34. The van der Waals surface area contributed by atoms with E-state index in [1.54, 1.807) is 6.33 Å². The Bertz CT molecular complexity index is 668. The molecule has 2 heterocycles. The zero-order chi connectivity index (χ0) is 14.9. The molecular formula is C16H19N3O2. The van der Waals surface area contributed by atoms with Crippen molar-refractivity contribution in [3.63, 3.8) is 0 Å². The summed E-state index contributed by atoms with van der Waals surface area (Å²) in [6.45, 7) is 3.31. The molecule has 3 rings (SSSR count). The maximum Gasteiger partial charge on any atom is 0.311 e. The van der Waals surface area contributed by atoms with E-state index in [4.69, 9.17) is 0 Å². The molecule has 1 saturated heterocycles. The highest BCUT2D eigenvalue weighted by molar-refractivity contribution is 5.89. The van der Waals surface area contributed by atoms with E-state index in [-0.39, 0.29) is 0 Å². The summed E-state index contributed by atoms with van der Waals surface area (Å²) in [6.07, 6.45) is 3.80. The summed E-state index contributed by atoms with van der Waals surface area (Å²) >= 11 is 0. The molecule has 1 aliphatic rings. The number of benzene rings is 1. The van der Waals surface area contributed by atoms with Crippen molar-refractivity contribution < 1.29 is 9.90 Å². The van der Waals surface area contributed by atoms with Crippen LogP contribution in [0, 0.1) is 5.41 Å². The number of nitrogens with zero attached hydrogens (tertiary/aromatic N) is 3. The summed E-state index contributed by atoms with van der Waals surface area (Å²) in [5.41, 5.74) is 0.232. The van der Waals surface area contributed by atoms with Crippen LogP contribution in [-0.2, 0) is 4.79 Å². The number of aliphatic carboxylic acids is 1. The predicted octanol–water partition coefficient (Wildman–Crippen LogP) is 2.71. The molecule has 0 bridgehead atoms. The molecule has 1 atom stereocenters. The van der Waals surface area contributed by atoms with Crippen molar-refractivity contribution in [3.8, 4) is 0 Å². The highest BCUT2D eigenvalue weighted by Crippen LogP contribution is 2.36. The summed E-state index contributed by atoms with van der Waals surface area (Å²) in [7, 11) is 0. The lowest BCUT2D eigenvalue weighted by atomic mass is 9.77. The third-order valence-corrected chi connectivity index (χ3v) is 4.53. The molecule has 1 unspecified atom stereocenters. The van der Waals surface area contributed by atoms with Crippen LogP contribution in [0.15, 0.2) is 30.6 Å². The molecule has 1 N–H and O–H groups in total. The predicted molar refractivity (Wildman–Crippen MR) is 81.3 cm³/mol. The molecule has 0 amide bonds. The Labute approximate surface area is 123 Å². The topological polar surface area (TPSA) is 66.3 Å². The van der Waals surface area contributed by atoms with Gasteiger partial charge in [0, 0.05) is 18.5 Å². The number of piperidine rings is 1. The van der Waals surface area contributed by atoms with E-state index in [0.717, 1.165) is 36.1 Å². The maximum absolute atomic E-state index is 11.7. The molecule has 0 spiro atoms. The first-order chi connectivity index (χ1) is 10.2. The number of carbonyl (C=O) groups is 1. The normalized spacial score (nSPS) is 22.4.